The van der Waals surface area contributed by atoms with Crippen molar-refractivity contribution < 1.29 is 18.0 Å². The van der Waals surface area contributed by atoms with Crippen molar-refractivity contribution in [1.82, 2.24) is 0 Å². The van der Waals surface area contributed by atoms with E-state index >= 15 is 0 Å². The van der Waals surface area contributed by atoms with E-state index in [9.17, 15) is 18.0 Å². The number of benzene rings is 2. The maximum Gasteiger partial charge on any atom is 0.416 e. The van der Waals surface area contributed by atoms with Crippen LogP contribution in [-0.4, -0.2) is 5.91 Å². The van der Waals surface area contributed by atoms with Gasteiger partial charge in [0.15, 0.2) is 0 Å². The normalized spacial score (nSPS) is 11.3. The average Bonchev–Trinajstić information content (AvgIpc) is 2.46. The standard InChI is InChI=1S/C16H12Cl2F3NO/c17-12-5-1-10(14(18)9-12)2-8-15(23)22-13-6-3-11(4-7-13)16(19,20)21/h1,3-7,9H,2,8H2,(H,22,23). The molecule has 0 aliphatic carbocycles. The summed E-state index contributed by atoms with van der Waals surface area (Å²) in [4.78, 5) is 11.8. The van der Waals surface area contributed by atoms with Crippen LogP contribution in [0.3, 0.4) is 0 Å². The molecule has 0 unspecified atom stereocenters. The summed E-state index contributed by atoms with van der Waals surface area (Å²) in [6.45, 7) is 0. The molecule has 0 saturated carbocycles. The van der Waals surface area contributed by atoms with Gasteiger partial charge in [-0.25, -0.2) is 0 Å². The second kappa shape index (κ2) is 7.23. The second-order valence-corrected chi connectivity index (χ2v) is 5.70. The molecule has 0 radical (unpaired) electrons. The Morgan fingerprint density at radius 3 is 2.26 bits per heavy atom. The molecule has 2 nitrogen and oxygen atoms in total. The van der Waals surface area contributed by atoms with E-state index in [1.54, 1.807) is 18.2 Å². The average molecular weight is 362 g/mol. The number of amides is 1. The van der Waals surface area contributed by atoms with Crippen molar-refractivity contribution in [2.45, 2.75) is 19.0 Å². The predicted molar refractivity (Wildman–Crippen MR) is 84.9 cm³/mol. The van der Waals surface area contributed by atoms with Crippen LogP contribution in [0.15, 0.2) is 42.5 Å². The van der Waals surface area contributed by atoms with Crippen LogP contribution in [0.4, 0.5) is 18.9 Å². The fourth-order valence-corrected chi connectivity index (χ4v) is 2.44. The monoisotopic (exact) mass is 361 g/mol. The molecule has 0 bridgehead atoms. The molecule has 0 atom stereocenters. The highest BCUT2D eigenvalue weighted by atomic mass is 35.5. The first-order chi connectivity index (χ1) is 10.8. The van der Waals surface area contributed by atoms with Crippen molar-refractivity contribution in [2.75, 3.05) is 5.32 Å². The number of hydrogen-bond acceptors (Lipinski definition) is 1. The molecule has 2 aromatic carbocycles. The maximum absolute atomic E-state index is 12.4. The van der Waals surface area contributed by atoms with Gasteiger partial charge in [-0.2, -0.15) is 13.2 Å². The van der Waals surface area contributed by atoms with E-state index in [-0.39, 0.29) is 12.3 Å². The van der Waals surface area contributed by atoms with E-state index in [4.69, 9.17) is 23.2 Å². The molecule has 0 heterocycles. The van der Waals surface area contributed by atoms with Crippen LogP contribution in [0.25, 0.3) is 0 Å². The lowest BCUT2D eigenvalue weighted by molar-refractivity contribution is -0.137. The molecule has 0 aliphatic heterocycles. The quantitative estimate of drug-likeness (QED) is 0.756. The summed E-state index contributed by atoms with van der Waals surface area (Å²) in [5.74, 6) is -0.309. The van der Waals surface area contributed by atoms with Crippen LogP contribution in [0, 0.1) is 0 Å². The van der Waals surface area contributed by atoms with Gasteiger partial charge in [-0.05, 0) is 48.4 Å². The van der Waals surface area contributed by atoms with Crippen molar-refractivity contribution in [3.63, 3.8) is 0 Å². The van der Waals surface area contributed by atoms with E-state index in [1.165, 1.54) is 12.1 Å². The van der Waals surface area contributed by atoms with Gasteiger partial charge in [-0.3, -0.25) is 4.79 Å². The van der Waals surface area contributed by atoms with Gasteiger partial charge in [0.05, 0.1) is 5.56 Å². The Morgan fingerprint density at radius 2 is 1.70 bits per heavy atom. The van der Waals surface area contributed by atoms with E-state index in [0.717, 1.165) is 17.7 Å². The largest absolute Gasteiger partial charge is 0.416 e. The van der Waals surface area contributed by atoms with E-state index in [1.807, 2.05) is 0 Å². The molecule has 122 valence electrons. The van der Waals surface area contributed by atoms with Gasteiger partial charge in [0.25, 0.3) is 0 Å². The minimum Gasteiger partial charge on any atom is -0.326 e. The van der Waals surface area contributed by atoms with Crippen molar-refractivity contribution in [3.05, 3.63) is 63.6 Å². The summed E-state index contributed by atoms with van der Waals surface area (Å²) in [5, 5.41) is 3.53. The number of alkyl halides is 3. The van der Waals surface area contributed by atoms with Gasteiger partial charge >= 0.3 is 6.18 Å². The summed E-state index contributed by atoms with van der Waals surface area (Å²) in [7, 11) is 0. The topological polar surface area (TPSA) is 29.1 Å². The van der Waals surface area contributed by atoms with Crippen LogP contribution in [0.1, 0.15) is 17.5 Å². The van der Waals surface area contributed by atoms with Crippen LogP contribution in [0.5, 0.6) is 0 Å². The maximum atomic E-state index is 12.4. The Bertz CT molecular complexity index is 699. The minimum absolute atomic E-state index is 0.155. The molecular formula is C16H12Cl2F3NO. The zero-order chi connectivity index (χ0) is 17.0. The zero-order valence-electron chi connectivity index (χ0n) is 11.8. The Morgan fingerprint density at radius 1 is 1.04 bits per heavy atom. The Balaban J connectivity index is 1.92. The lowest BCUT2D eigenvalue weighted by Crippen LogP contribution is -2.13. The van der Waals surface area contributed by atoms with Crippen LogP contribution in [0.2, 0.25) is 10.0 Å². The van der Waals surface area contributed by atoms with E-state index in [0.29, 0.717) is 22.2 Å². The molecule has 2 aromatic rings. The van der Waals surface area contributed by atoms with Crippen LogP contribution >= 0.6 is 23.2 Å². The molecule has 7 heteroatoms. The highest BCUT2D eigenvalue weighted by Crippen LogP contribution is 2.29. The summed E-state index contributed by atoms with van der Waals surface area (Å²) in [6.07, 6.45) is -3.83. The number of nitrogens with one attached hydrogen (secondary N) is 1. The van der Waals surface area contributed by atoms with Gasteiger partial charge < -0.3 is 5.32 Å². The highest BCUT2D eigenvalue weighted by molar-refractivity contribution is 6.35. The molecule has 2 rings (SSSR count). The molecule has 0 aromatic heterocycles. The first kappa shape index (κ1) is 17.6. The van der Waals surface area contributed by atoms with Crippen molar-refractivity contribution in [3.8, 4) is 0 Å². The lowest BCUT2D eigenvalue weighted by atomic mass is 10.1. The van der Waals surface area contributed by atoms with Gasteiger partial charge in [0.1, 0.15) is 0 Å². The highest BCUT2D eigenvalue weighted by Gasteiger charge is 2.29. The zero-order valence-corrected chi connectivity index (χ0v) is 13.3. The van der Waals surface area contributed by atoms with E-state index < -0.39 is 11.7 Å². The van der Waals surface area contributed by atoms with Crippen molar-refractivity contribution in [1.29, 1.82) is 0 Å². The molecule has 1 amide bonds. The number of anilines is 1. The third-order valence-corrected chi connectivity index (χ3v) is 3.72. The van der Waals surface area contributed by atoms with Crippen molar-refractivity contribution in [2.24, 2.45) is 0 Å². The number of aryl methyl sites for hydroxylation is 1. The second-order valence-electron chi connectivity index (χ2n) is 4.86. The number of carbonyl (C=O) groups excluding carboxylic acids is 1. The van der Waals surface area contributed by atoms with Crippen molar-refractivity contribution >= 4 is 34.8 Å². The molecule has 23 heavy (non-hydrogen) atoms. The number of halogens is 5. The van der Waals surface area contributed by atoms with Gasteiger partial charge in [-0.1, -0.05) is 29.3 Å². The van der Waals surface area contributed by atoms with Crippen LogP contribution in [-0.2, 0) is 17.4 Å². The molecule has 0 saturated heterocycles. The molecule has 0 aliphatic rings. The Hall–Kier alpha value is -1.72. The minimum atomic E-state index is -4.39. The third-order valence-electron chi connectivity index (χ3n) is 3.13. The fourth-order valence-electron chi connectivity index (χ4n) is 1.94. The lowest BCUT2D eigenvalue weighted by Gasteiger charge is -2.09. The number of carbonyl (C=O) groups is 1. The molecule has 0 spiro atoms. The summed E-state index contributed by atoms with van der Waals surface area (Å²) in [6, 6.07) is 9.28. The molecule has 0 fully saturated rings. The van der Waals surface area contributed by atoms with E-state index in [2.05, 4.69) is 5.32 Å². The van der Waals surface area contributed by atoms with Crippen LogP contribution < -0.4 is 5.32 Å². The summed E-state index contributed by atoms with van der Waals surface area (Å²) in [5.41, 5.74) is 0.326. The molecular weight excluding hydrogens is 350 g/mol. The SMILES string of the molecule is O=C(CCc1ccc(Cl)cc1Cl)Nc1ccc(C(F)(F)F)cc1. The number of hydrogen-bond donors (Lipinski definition) is 1. The molecule has 1 N–H and O–H groups in total. The smallest absolute Gasteiger partial charge is 0.326 e. The third kappa shape index (κ3) is 5.15. The van der Waals surface area contributed by atoms with Gasteiger partial charge in [-0.15, -0.1) is 0 Å². The Labute approximate surface area is 141 Å². The fraction of sp³-hybridized carbons (Fsp3) is 0.188. The first-order valence-electron chi connectivity index (χ1n) is 6.67. The van der Waals surface area contributed by atoms with Gasteiger partial charge in [0, 0.05) is 22.2 Å². The van der Waals surface area contributed by atoms with Gasteiger partial charge in [0.2, 0.25) is 5.91 Å². The summed E-state index contributed by atoms with van der Waals surface area (Å²) < 4.78 is 37.3. The summed E-state index contributed by atoms with van der Waals surface area (Å²) >= 11 is 11.8. The predicted octanol–water partition coefficient (Wildman–Crippen LogP) is 5.58. The first-order valence-corrected chi connectivity index (χ1v) is 7.42. The number of rotatable bonds is 4. The Kier molecular flexibility index (Phi) is 5.55.